The Balaban J connectivity index is 1.83. The molecule has 2 aromatic carbocycles. The lowest BCUT2D eigenvalue weighted by Gasteiger charge is -2.00. The van der Waals surface area contributed by atoms with Crippen molar-refractivity contribution in [3.8, 4) is 5.75 Å². The lowest BCUT2D eigenvalue weighted by molar-refractivity contribution is 0.415. The van der Waals surface area contributed by atoms with Gasteiger partial charge in [-0.05, 0) is 36.4 Å². The van der Waals surface area contributed by atoms with Crippen molar-refractivity contribution in [1.29, 1.82) is 0 Å². The van der Waals surface area contributed by atoms with Gasteiger partial charge in [-0.1, -0.05) is 29.5 Å². The largest absolute Gasteiger partial charge is 0.497 e. The maximum absolute atomic E-state index is 5.15. The molecule has 4 aromatic rings. The van der Waals surface area contributed by atoms with Gasteiger partial charge in [0.1, 0.15) is 10.6 Å². The first-order valence-electron chi connectivity index (χ1n) is 7.16. The molecule has 0 amide bonds. The average molecular weight is 319 g/mol. The maximum Gasteiger partial charge on any atom is 0.211 e. The van der Waals surface area contributed by atoms with Crippen LogP contribution < -0.4 is 9.54 Å². The van der Waals surface area contributed by atoms with Gasteiger partial charge in [-0.25, -0.2) is 15.0 Å². The highest BCUT2D eigenvalue weighted by atomic mass is 32.1. The van der Waals surface area contributed by atoms with E-state index in [1.54, 1.807) is 7.11 Å². The van der Waals surface area contributed by atoms with Gasteiger partial charge in [-0.2, -0.15) is 0 Å². The number of nitrogens with zero attached hydrogens (tertiary/aromatic N) is 3. The van der Waals surface area contributed by atoms with Gasteiger partial charge in [0.15, 0.2) is 0 Å². The quantitative estimate of drug-likeness (QED) is 0.523. The Labute approximate surface area is 136 Å². The number of hydrogen-bond acceptors (Lipinski definition) is 5. The van der Waals surface area contributed by atoms with Crippen molar-refractivity contribution in [1.82, 2.24) is 9.97 Å². The molecule has 2 heterocycles. The van der Waals surface area contributed by atoms with E-state index in [1.807, 2.05) is 48.7 Å². The molecule has 112 valence electrons. The smallest absolute Gasteiger partial charge is 0.211 e. The van der Waals surface area contributed by atoms with Crippen LogP contribution in [0.15, 0.2) is 65.8 Å². The fourth-order valence-electron chi connectivity index (χ4n) is 2.35. The van der Waals surface area contributed by atoms with E-state index >= 15 is 0 Å². The molecule has 4 rings (SSSR count). The number of pyridine rings is 1. The Hall–Kier alpha value is -2.79. The minimum Gasteiger partial charge on any atom is -0.497 e. The third-order valence-corrected chi connectivity index (χ3v) is 4.42. The van der Waals surface area contributed by atoms with E-state index < -0.39 is 0 Å². The van der Waals surface area contributed by atoms with Gasteiger partial charge in [0, 0.05) is 17.0 Å². The fourth-order valence-corrected chi connectivity index (χ4v) is 3.15. The minimum atomic E-state index is 0.686. The van der Waals surface area contributed by atoms with E-state index in [9.17, 15) is 0 Å². The van der Waals surface area contributed by atoms with Crippen LogP contribution in [0.4, 0.5) is 5.69 Å². The summed E-state index contributed by atoms with van der Waals surface area (Å²) in [5, 5.41) is 2.15. The summed E-state index contributed by atoms with van der Waals surface area (Å²) in [6.45, 7) is 0. The lowest BCUT2D eigenvalue weighted by atomic mass is 10.2. The Kier molecular flexibility index (Phi) is 3.48. The van der Waals surface area contributed by atoms with Crippen molar-refractivity contribution in [3.05, 3.63) is 65.6 Å². The minimum absolute atomic E-state index is 0.686. The van der Waals surface area contributed by atoms with Crippen LogP contribution in [0.2, 0.25) is 0 Å². The highest BCUT2D eigenvalue weighted by molar-refractivity contribution is 7.15. The van der Waals surface area contributed by atoms with Crippen LogP contribution in [0.5, 0.6) is 5.75 Å². The summed E-state index contributed by atoms with van der Waals surface area (Å²) in [6, 6.07) is 17.8. The number of aromatic nitrogens is 2. The summed E-state index contributed by atoms with van der Waals surface area (Å²) in [5.74, 6) is 0.812. The Morgan fingerprint density at radius 3 is 2.65 bits per heavy atom. The van der Waals surface area contributed by atoms with Crippen molar-refractivity contribution < 1.29 is 4.74 Å². The van der Waals surface area contributed by atoms with E-state index in [-0.39, 0.29) is 0 Å². The third kappa shape index (κ3) is 2.78. The zero-order valence-electron chi connectivity index (χ0n) is 12.4. The molecular weight excluding hydrogens is 306 g/mol. The summed E-state index contributed by atoms with van der Waals surface area (Å²) in [4.78, 5) is 15.3. The first-order valence-corrected chi connectivity index (χ1v) is 7.98. The number of hydrogen-bond donors (Lipinski definition) is 0. The number of ether oxygens (including phenoxy) is 1. The molecule has 0 N–H and O–H groups in total. The highest BCUT2D eigenvalue weighted by Gasteiger charge is 2.01. The Morgan fingerprint density at radius 1 is 1.00 bits per heavy atom. The standard InChI is InChI=1S/C18H13N3OS/c1-22-15-8-6-14(7-9-15)20-18-19-11-13-10-12-4-2-3-5-16(12)21-17(13)23-18/h2-11H,1H3. The number of methoxy groups -OCH3 is 1. The molecule has 0 aliphatic heterocycles. The summed E-state index contributed by atoms with van der Waals surface area (Å²) < 4.78 is 5.15. The number of rotatable bonds is 2. The zero-order valence-corrected chi connectivity index (χ0v) is 13.2. The molecule has 0 fully saturated rings. The van der Waals surface area contributed by atoms with Crippen LogP contribution in [-0.4, -0.2) is 17.1 Å². The number of fused-ring (bicyclic) bond motifs is 2. The third-order valence-electron chi connectivity index (χ3n) is 3.52. The topological polar surface area (TPSA) is 47.4 Å². The van der Waals surface area contributed by atoms with Crippen molar-refractivity contribution in [2.24, 2.45) is 4.99 Å². The zero-order chi connectivity index (χ0) is 15.6. The average Bonchev–Trinajstić information content (AvgIpc) is 2.60. The molecule has 0 aliphatic carbocycles. The van der Waals surface area contributed by atoms with Crippen LogP contribution in [0, 0.1) is 0 Å². The lowest BCUT2D eigenvalue weighted by Crippen LogP contribution is -2.01. The molecule has 0 radical (unpaired) electrons. The second-order valence-electron chi connectivity index (χ2n) is 5.03. The first-order chi connectivity index (χ1) is 11.3. The van der Waals surface area contributed by atoms with Crippen molar-refractivity contribution in [3.63, 3.8) is 0 Å². The van der Waals surface area contributed by atoms with E-state index in [0.29, 0.717) is 4.80 Å². The van der Waals surface area contributed by atoms with E-state index in [1.165, 1.54) is 11.3 Å². The summed E-state index contributed by atoms with van der Waals surface area (Å²) >= 11 is 1.49. The molecular formula is C18H13N3OS. The van der Waals surface area contributed by atoms with Crippen LogP contribution in [-0.2, 0) is 0 Å². The van der Waals surface area contributed by atoms with Crippen LogP contribution in [0.1, 0.15) is 0 Å². The van der Waals surface area contributed by atoms with Gasteiger partial charge in [0.05, 0.1) is 18.3 Å². The highest BCUT2D eigenvalue weighted by Crippen LogP contribution is 2.20. The Bertz CT molecular complexity index is 1050. The van der Waals surface area contributed by atoms with Crippen LogP contribution >= 0.6 is 11.3 Å². The Morgan fingerprint density at radius 2 is 1.83 bits per heavy atom. The molecule has 0 bridgehead atoms. The predicted molar refractivity (Wildman–Crippen MR) is 93.1 cm³/mol. The maximum atomic E-state index is 5.15. The second-order valence-corrected chi connectivity index (χ2v) is 5.98. The van der Waals surface area contributed by atoms with Gasteiger partial charge >= 0.3 is 0 Å². The fraction of sp³-hybridized carbons (Fsp3) is 0.0556. The molecule has 0 aliphatic rings. The molecule has 0 saturated heterocycles. The van der Waals surface area contributed by atoms with Gasteiger partial charge in [-0.15, -0.1) is 0 Å². The summed E-state index contributed by atoms with van der Waals surface area (Å²) in [6.07, 6.45) is 1.83. The SMILES string of the molecule is COc1ccc(N=c2ncc3cc4ccccc4nc3s2)cc1. The van der Waals surface area contributed by atoms with E-state index in [0.717, 1.165) is 32.6 Å². The van der Waals surface area contributed by atoms with Crippen LogP contribution in [0.25, 0.3) is 21.1 Å². The van der Waals surface area contributed by atoms with Gasteiger partial charge in [-0.3, -0.25) is 0 Å². The van der Waals surface area contributed by atoms with E-state index in [4.69, 9.17) is 9.72 Å². The number of para-hydroxylation sites is 1. The second kappa shape index (κ2) is 5.78. The summed E-state index contributed by atoms with van der Waals surface area (Å²) in [5.41, 5.74) is 1.83. The van der Waals surface area contributed by atoms with Gasteiger partial charge < -0.3 is 4.74 Å². The van der Waals surface area contributed by atoms with Crippen molar-refractivity contribution in [2.45, 2.75) is 0 Å². The molecule has 0 saturated carbocycles. The van der Waals surface area contributed by atoms with E-state index in [2.05, 4.69) is 22.1 Å². The normalized spacial score (nSPS) is 12.0. The van der Waals surface area contributed by atoms with Crippen molar-refractivity contribution >= 4 is 38.1 Å². The van der Waals surface area contributed by atoms with Crippen LogP contribution in [0.3, 0.4) is 0 Å². The molecule has 4 nitrogen and oxygen atoms in total. The molecule has 0 unspecified atom stereocenters. The van der Waals surface area contributed by atoms with Gasteiger partial charge in [0.2, 0.25) is 4.80 Å². The molecule has 2 aromatic heterocycles. The molecule has 0 spiro atoms. The van der Waals surface area contributed by atoms with Crippen molar-refractivity contribution in [2.75, 3.05) is 7.11 Å². The van der Waals surface area contributed by atoms with Gasteiger partial charge in [0.25, 0.3) is 0 Å². The first kappa shape index (κ1) is 13.8. The molecule has 0 atom stereocenters. The number of benzene rings is 2. The monoisotopic (exact) mass is 319 g/mol. The summed E-state index contributed by atoms with van der Waals surface area (Å²) in [7, 11) is 1.65. The molecule has 23 heavy (non-hydrogen) atoms. The molecule has 5 heteroatoms. The predicted octanol–water partition coefficient (Wildman–Crippen LogP) is 4.09.